The van der Waals surface area contributed by atoms with Crippen molar-refractivity contribution in [1.29, 1.82) is 0 Å². The highest BCUT2D eigenvalue weighted by molar-refractivity contribution is 6.15. The van der Waals surface area contributed by atoms with Crippen LogP contribution in [-0.2, 0) is 4.79 Å². The molecule has 1 aliphatic heterocycles. The largest absolute Gasteiger partial charge is 0.490 e. The molecule has 6 nitrogen and oxygen atoms in total. The van der Waals surface area contributed by atoms with Gasteiger partial charge in [-0.15, -0.1) is 0 Å². The molecule has 128 valence electrons. The molecule has 6 heteroatoms. The molecule has 1 saturated carbocycles. The summed E-state index contributed by atoms with van der Waals surface area (Å²) >= 11 is 0. The van der Waals surface area contributed by atoms with Crippen LogP contribution >= 0.6 is 0 Å². The van der Waals surface area contributed by atoms with Crippen LogP contribution in [0.15, 0.2) is 42.7 Å². The number of amides is 2. The van der Waals surface area contributed by atoms with Crippen LogP contribution in [0.4, 0.5) is 11.4 Å². The second kappa shape index (κ2) is 6.55. The third-order valence-corrected chi connectivity index (χ3v) is 4.62. The summed E-state index contributed by atoms with van der Waals surface area (Å²) in [6.07, 6.45) is 8.05. The number of hydrogen-bond acceptors (Lipinski definition) is 4. The first-order valence-corrected chi connectivity index (χ1v) is 8.53. The first-order chi connectivity index (χ1) is 12.2. The van der Waals surface area contributed by atoms with Crippen LogP contribution in [-0.4, -0.2) is 29.4 Å². The summed E-state index contributed by atoms with van der Waals surface area (Å²) in [6, 6.07) is 8.87. The predicted octanol–water partition coefficient (Wildman–Crippen LogP) is 3.00. The van der Waals surface area contributed by atoms with Gasteiger partial charge in [0.15, 0.2) is 0 Å². The second-order valence-electron chi connectivity index (χ2n) is 6.38. The summed E-state index contributed by atoms with van der Waals surface area (Å²) < 4.78 is 5.93. The molecule has 1 fully saturated rings. The normalized spacial score (nSPS) is 17.1. The third kappa shape index (κ3) is 3.20. The van der Waals surface area contributed by atoms with Crippen molar-refractivity contribution >= 4 is 23.2 Å². The fraction of sp³-hybridized carbons (Fsp3) is 0.316. The molecule has 1 aromatic carbocycles. The summed E-state index contributed by atoms with van der Waals surface area (Å²) in [5.74, 6) is 0.342. The van der Waals surface area contributed by atoms with Crippen molar-refractivity contribution in [1.82, 2.24) is 4.98 Å². The van der Waals surface area contributed by atoms with Crippen LogP contribution in [0.25, 0.3) is 0 Å². The number of anilines is 2. The van der Waals surface area contributed by atoms with E-state index in [9.17, 15) is 9.59 Å². The average Bonchev–Trinajstić information content (AvgIpc) is 3.14. The van der Waals surface area contributed by atoms with E-state index < -0.39 is 0 Å². The number of nitrogens with one attached hydrogen (secondary N) is 1. The Balaban J connectivity index is 1.53. The molecule has 2 amide bonds. The van der Waals surface area contributed by atoms with Gasteiger partial charge in [0.2, 0.25) is 5.91 Å². The van der Waals surface area contributed by atoms with E-state index in [0.29, 0.717) is 16.9 Å². The molecule has 2 aromatic rings. The lowest BCUT2D eigenvalue weighted by Crippen LogP contribution is -2.42. The molecule has 0 bridgehead atoms. The zero-order chi connectivity index (χ0) is 17.2. The van der Waals surface area contributed by atoms with E-state index in [4.69, 9.17) is 4.74 Å². The standard InChI is InChI=1S/C19H19N3O3/c23-18-12-22(17-9-10-20-11-16(17)21-18)19(24)13-5-7-15(8-6-13)25-14-3-1-2-4-14/h5-11,14H,1-4,12H2,(H,21,23). The van der Waals surface area contributed by atoms with Gasteiger partial charge in [-0.3, -0.25) is 19.5 Å². The van der Waals surface area contributed by atoms with Crippen LogP contribution in [0, 0.1) is 0 Å². The van der Waals surface area contributed by atoms with Gasteiger partial charge in [0.25, 0.3) is 5.91 Å². The second-order valence-corrected chi connectivity index (χ2v) is 6.38. The van der Waals surface area contributed by atoms with E-state index in [1.807, 2.05) is 12.1 Å². The smallest absolute Gasteiger partial charge is 0.258 e. The minimum absolute atomic E-state index is 0.00380. The van der Waals surface area contributed by atoms with Gasteiger partial charge < -0.3 is 10.1 Å². The van der Waals surface area contributed by atoms with E-state index in [-0.39, 0.29) is 24.5 Å². The summed E-state index contributed by atoms with van der Waals surface area (Å²) in [6.45, 7) is -0.00380. The molecule has 1 N–H and O–H groups in total. The Labute approximate surface area is 145 Å². The van der Waals surface area contributed by atoms with E-state index in [1.165, 1.54) is 17.7 Å². The van der Waals surface area contributed by atoms with Crippen LogP contribution in [0.3, 0.4) is 0 Å². The van der Waals surface area contributed by atoms with Gasteiger partial charge >= 0.3 is 0 Å². The van der Waals surface area contributed by atoms with E-state index in [0.717, 1.165) is 18.6 Å². The van der Waals surface area contributed by atoms with Crippen molar-refractivity contribution in [3.8, 4) is 5.75 Å². The number of aromatic nitrogens is 1. The lowest BCUT2D eigenvalue weighted by Gasteiger charge is -2.28. The molecular weight excluding hydrogens is 318 g/mol. The Kier molecular flexibility index (Phi) is 4.09. The molecule has 1 aliphatic carbocycles. The Morgan fingerprint density at radius 2 is 1.92 bits per heavy atom. The van der Waals surface area contributed by atoms with Crippen molar-refractivity contribution in [2.45, 2.75) is 31.8 Å². The number of pyridine rings is 1. The van der Waals surface area contributed by atoms with Gasteiger partial charge in [-0.1, -0.05) is 0 Å². The molecule has 25 heavy (non-hydrogen) atoms. The predicted molar refractivity (Wildman–Crippen MR) is 93.9 cm³/mol. The molecule has 0 radical (unpaired) electrons. The number of rotatable bonds is 3. The molecule has 2 aliphatic rings. The molecule has 0 atom stereocenters. The highest BCUT2D eigenvalue weighted by Crippen LogP contribution is 2.30. The van der Waals surface area contributed by atoms with Crippen molar-refractivity contribution in [2.75, 3.05) is 16.8 Å². The lowest BCUT2D eigenvalue weighted by molar-refractivity contribution is -0.115. The van der Waals surface area contributed by atoms with Crippen molar-refractivity contribution in [3.63, 3.8) is 0 Å². The number of fused-ring (bicyclic) bond motifs is 1. The summed E-state index contributed by atoms with van der Waals surface area (Å²) in [5, 5.41) is 2.73. The fourth-order valence-corrected chi connectivity index (χ4v) is 3.35. The molecule has 2 heterocycles. The van der Waals surface area contributed by atoms with E-state index in [2.05, 4.69) is 10.3 Å². The van der Waals surface area contributed by atoms with Crippen molar-refractivity contribution < 1.29 is 14.3 Å². The Morgan fingerprint density at radius 1 is 1.16 bits per heavy atom. The van der Waals surface area contributed by atoms with Crippen LogP contribution in [0.5, 0.6) is 5.75 Å². The van der Waals surface area contributed by atoms with Crippen LogP contribution in [0.2, 0.25) is 0 Å². The maximum absolute atomic E-state index is 12.8. The van der Waals surface area contributed by atoms with Gasteiger partial charge in [0, 0.05) is 11.8 Å². The Bertz CT molecular complexity index is 798. The fourth-order valence-electron chi connectivity index (χ4n) is 3.35. The SMILES string of the molecule is O=C1CN(C(=O)c2ccc(OC3CCCC3)cc2)c2ccncc2N1. The highest BCUT2D eigenvalue weighted by Gasteiger charge is 2.27. The molecule has 0 spiro atoms. The Morgan fingerprint density at radius 3 is 2.68 bits per heavy atom. The Hall–Kier alpha value is -2.89. The van der Waals surface area contributed by atoms with E-state index >= 15 is 0 Å². The van der Waals surface area contributed by atoms with Crippen molar-refractivity contribution in [2.24, 2.45) is 0 Å². The minimum Gasteiger partial charge on any atom is -0.490 e. The molecule has 1 aromatic heterocycles. The third-order valence-electron chi connectivity index (χ3n) is 4.62. The lowest BCUT2D eigenvalue weighted by atomic mass is 10.1. The minimum atomic E-state index is -0.227. The summed E-state index contributed by atoms with van der Waals surface area (Å²) in [7, 11) is 0. The van der Waals surface area contributed by atoms with Gasteiger partial charge in [0.1, 0.15) is 12.3 Å². The molecule has 0 unspecified atom stereocenters. The highest BCUT2D eigenvalue weighted by atomic mass is 16.5. The number of benzene rings is 1. The van der Waals surface area contributed by atoms with Gasteiger partial charge in [-0.25, -0.2) is 0 Å². The first kappa shape index (κ1) is 15.6. The number of ether oxygens (including phenoxy) is 1. The number of carbonyl (C=O) groups is 2. The molecule has 0 saturated heterocycles. The maximum Gasteiger partial charge on any atom is 0.258 e. The van der Waals surface area contributed by atoms with Gasteiger partial charge in [0.05, 0.1) is 23.7 Å². The zero-order valence-corrected chi connectivity index (χ0v) is 13.8. The monoisotopic (exact) mass is 337 g/mol. The molecular formula is C19H19N3O3. The molecule has 4 rings (SSSR count). The van der Waals surface area contributed by atoms with E-state index in [1.54, 1.807) is 30.6 Å². The van der Waals surface area contributed by atoms with Gasteiger partial charge in [-0.2, -0.15) is 0 Å². The first-order valence-electron chi connectivity index (χ1n) is 8.53. The maximum atomic E-state index is 12.8. The van der Waals surface area contributed by atoms with Gasteiger partial charge in [-0.05, 0) is 56.0 Å². The van der Waals surface area contributed by atoms with Crippen molar-refractivity contribution in [3.05, 3.63) is 48.3 Å². The topological polar surface area (TPSA) is 71.5 Å². The zero-order valence-electron chi connectivity index (χ0n) is 13.8. The van der Waals surface area contributed by atoms with Crippen LogP contribution < -0.4 is 15.0 Å². The number of carbonyl (C=O) groups excluding carboxylic acids is 2. The number of nitrogens with zero attached hydrogens (tertiary/aromatic N) is 2. The summed E-state index contributed by atoms with van der Waals surface area (Å²) in [4.78, 5) is 30.2. The quantitative estimate of drug-likeness (QED) is 0.934. The average molecular weight is 337 g/mol. The van der Waals surface area contributed by atoms with Crippen LogP contribution in [0.1, 0.15) is 36.0 Å². The number of hydrogen-bond donors (Lipinski definition) is 1. The summed E-state index contributed by atoms with van der Waals surface area (Å²) in [5.41, 5.74) is 1.73.